The molecule has 0 radical (unpaired) electrons. The number of nitrogens with one attached hydrogen (secondary N) is 1. The van der Waals surface area contributed by atoms with E-state index in [1.165, 1.54) is 24.3 Å². The Hall–Kier alpha value is -2.37. The van der Waals surface area contributed by atoms with Gasteiger partial charge in [0.1, 0.15) is 6.04 Å². The Morgan fingerprint density at radius 2 is 1.88 bits per heavy atom. The highest BCUT2D eigenvalue weighted by Crippen LogP contribution is 2.19. The lowest BCUT2D eigenvalue weighted by Crippen LogP contribution is -2.30. The fourth-order valence-electron chi connectivity index (χ4n) is 1.62. The van der Waals surface area contributed by atoms with Gasteiger partial charge in [-0.1, -0.05) is 0 Å². The van der Waals surface area contributed by atoms with Gasteiger partial charge in [0.15, 0.2) is 0 Å². The number of primary amides is 1. The number of hydrogen-bond acceptors (Lipinski definition) is 3. The molecular formula is C11H11N3O3. The Kier molecular flexibility index (Phi) is 2.55. The third-order valence-electron chi connectivity index (χ3n) is 2.54. The molecule has 2 rings (SSSR count). The van der Waals surface area contributed by atoms with E-state index in [1.807, 2.05) is 0 Å². The summed E-state index contributed by atoms with van der Waals surface area (Å²) >= 11 is 0. The van der Waals surface area contributed by atoms with Gasteiger partial charge in [0.05, 0.1) is 5.69 Å². The van der Waals surface area contributed by atoms with Crippen molar-refractivity contribution >= 4 is 23.5 Å². The summed E-state index contributed by atoms with van der Waals surface area (Å²) in [7, 11) is 0. The van der Waals surface area contributed by atoms with Gasteiger partial charge in [-0.2, -0.15) is 0 Å². The monoisotopic (exact) mass is 233 g/mol. The van der Waals surface area contributed by atoms with Crippen LogP contribution in [0.2, 0.25) is 0 Å². The van der Waals surface area contributed by atoms with E-state index in [0.29, 0.717) is 11.3 Å². The molecule has 88 valence electrons. The Morgan fingerprint density at radius 1 is 1.29 bits per heavy atom. The van der Waals surface area contributed by atoms with Crippen molar-refractivity contribution in [3.05, 3.63) is 29.8 Å². The molecule has 0 bridgehead atoms. The van der Waals surface area contributed by atoms with Gasteiger partial charge >= 0.3 is 6.03 Å². The Balaban J connectivity index is 2.32. The normalized spacial score (nSPS) is 19.4. The number of imide groups is 1. The Labute approximate surface area is 97.4 Å². The lowest BCUT2D eigenvalue weighted by atomic mass is 10.2. The standard InChI is InChI=1S/C11H11N3O3/c1-6-10(16)14(11(17)13-6)8-4-2-7(3-5-8)9(12)15/h2-6H,1H3,(H2,12,15)(H,13,17). The second-order valence-corrected chi connectivity index (χ2v) is 3.76. The number of nitrogens with two attached hydrogens (primary N) is 1. The van der Waals surface area contributed by atoms with Crippen LogP contribution in [0.15, 0.2) is 24.3 Å². The first-order chi connectivity index (χ1) is 8.00. The molecule has 17 heavy (non-hydrogen) atoms. The van der Waals surface area contributed by atoms with Gasteiger partial charge in [0.2, 0.25) is 5.91 Å². The smallest absolute Gasteiger partial charge is 0.329 e. The second-order valence-electron chi connectivity index (χ2n) is 3.76. The number of rotatable bonds is 2. The molecule has 1 aliphatic heterocycles. The average molecular weight is 233 g/mol. The van der Waals surface area contributed by atoms with Crippen molar-refractivity contribution in [3.63, 3.8) is 0 Å². The van der Waals surface area contributed by atoms with Crippen LogP contribution in [-0.4, -0.2) is 23.9 Å². The number of urea groups is 1. The van der Waals surface area contributed by atoms with Crippen molar-refractivity contribution in [2.24, 2.45) is 5.73 Å². The maximum atomic E-state index is 11.7. The molecule has 6 nitrogen and oxygen atoms in total. The summed E-state index contributed by atoms with van der Waals surface area (Å²) < 4.78 is 0. The fourth-order valence-corrected chi connectivity index (χ4v) is 1.62. The summed E-state index contributed by atoms with van der Waals surface area (Å²) in [5.41, 5.74) is 5.84. The van der Waals surface area contributed by atoms with Crippen LogP contribution in [-0.2, 0) is 4.79 Å². The molecule has 1 unspecified atom stereocenters. The van der Waals surface area contributed by atoms with Gasteiger partial charge in [-0.05, 0) is 31.2 Å². The number of nitrogens with zero attached hydrogens (tertiary/aromatic N) is 1. The molecular weight excluding hydrogens is 222 g/mol. The van der Waals surface area contributed by atoms with E-state index >= 15 is 0 Å². The van der Waals surface area contributed by atoms with Crippen molar-refractivity contribution in [1.29, 1.82) is 0 Å². The van der Waals surface area contributed by atoms with Gasteiger partial charge in [0, 0.05) is 5.56 Å². The highest BCUT2D eigenvalue weighted by atomic mass is 16.2. The van der Waals surface area contributed by atoms with Crippen molar-refractivity contribution in [2.75, 3.05) is 4.90 Å². The van der Waals surface area contributed by atoms with Gasteiger partial charge < -0.3 is 11.1 Å². The van der Waals surface area contributed by atoms with E-state index in [2.05, 4.69) is 5.32 Å². The number of hydrogen-bond donors (Lipinski definition) is 2. The number of carbonyl (C=O) groups excluding carboxylic acids is 3. The zero-order valence-corrected chi connectivity index (χ0v) is 9.14. The predicted molar refractivity (Wildman–Crippen MR) is 60.4 cm³/mol. The summed E-state index contributed by atoms with van der Waals surface area (Å²) in [5.74, 6) is -0.871. The first-order valence-electron chi connectivity index (χ1n) is 5.05. The molecule has 0 spiro atoms. The molecule has 6 heteroatoms. The maximum Gasteiger partial charge on any atom is 0.329 e. The van der Waals surface area contributed by atoms with Crippen molar-refractivity contribution in [1.82, 2.24) is 5.32 Å². The highest BCUT2D eigenvalue weighted by Gasteiger charge is 2.35. The molecule has 0 aliphatic carbocycles. The van der Waals surface area contributed by atoms with Gasteiger partial charge in [0.25, 0.3) is 5.91 Å². The molecule has 1 aromatic carbocycles. The van der Waals surface area contributed by atoms with E-state index in [0.717, 1.165) is 4.90 Å². The lowest BCUT2D eigenvalue weighted by molar-refractivity contribution is -0.117. The number of anilines is 1. The maximum absolute atomic E-state index is 11.7. The van der Waals surface area contributed by atoms with E-state index in [-0.39, 0.29) is 5.91 Å². The molecule has 1 aromatic rings. The third kappa shape index (κ3) is 1.84. The largest absolute Gasteiger partial charge is 0.366 e. The summed E-state index contributed by atoms with van der Waals surface area (Å²) in [4.78, 5) is 35.1. The van der Waals surface area contributed by atoms with Crippen LogP contribution >= 0.6 is 0 Å². The van der Waals surface area contributed by atoms with Crippen LogP contribution < -0.4 is 16.0 Å². The molecule has 1 heterocycles. The summed E-state index contributed by atoms with van der Waals surface area (Å²) in [6.07, 6.45) is 0. The quantitative estimate of drug-likeness (QED) is 0.716. The van der Waals surface area contributed by atoms with E-state index in [1.54, 1.807) is 6.92 Å². The van der Waals surface area contributed by atoms with Crippen LogP contribution in [0.3, 0.4) is 0 Å². The lowest BCUT2D eigenvalue weighted by Gasteiger charge is -2.12. The van der Waals surface area contributed by atoms with Gasteiger partial charge in [-0.15, -0.1) is 0 Å². The van der Waals surface area contributed by atoms with Crippen LogP contribution in [0.5, 0.6) is 0 Å². The Bertz CT molecular complexity index is 495. The third-order valence-corrected chi connectivity index (χ3v) is 2.54. The van der Waals surface area contributed by atoms with E-state index in [9.17, 15) is 14.4 Å². The van der Waals surface area contributed by atoms with Crippen LogP contribution in [0.25, 0.3) is 0 Å². The molecule has 1 saturated heterocycles. The summed E-state index contributed by atoms with van der Waals surface area (Å²) in [6.45, 7) is 1.61. The van der Waals surface area contributed by atoms with Gasteiger partial charge in [-0.25, -0.2) is 9.69 Å². The minimum atomic E-state index is -0.554. The zero-order chi connectivity index (χ0) is 12.6. The Morgan fingerprint density at radius 3 is 2.29 bits per heavy atom. The highest BCUT2D eigenvalue weighted by molar-refractivity contribution is 6.21. The molecule has 1 fully saturated rings. The van der Waals surface area contributed by atoms with Gasteiger partial charge in [-0.3, -0.25) is 9.59 Å². The topological polar surface area (TPSA) is 92.5 Å². The second kappa shape index (κ2) is 3.89. The molecule has 0 aromatic heterocycles. The SMILES string of the molecule is CC1NC(=O)N(c2ccc(C(N)=O)cc2)C1=O. The average Bonchev–Trinajstić information content (AvgIpc) is 2.53. The van der Waals surface area contributed by atoms with Crippen LogP contribution in [0.4, 0.5) is 10.5 Å². The van der Waals surface area contributed by atoms with Crippen molar-refractivity contribution in [3.8, 4) is 0 Å². The number of benzene rings is 1. The van der Waals surface area contributed by atoms with E-state index in [4.69, 9.17) is 5.73 Å². The molecule has 3 N–H and O–H groups in total. The molecule has 4 amide bonds. The predicted octanol–water partition coefficient (Wildman–Crippen LogP) is 0.230. The molecule has 1 aliphatic rings. The first-order valence-corrected chi connectivity index (χ1v) is 5.05. The number of amides is 4. The molecule has 1 atom stereocenters. The minimum Gasteiger partial charge on any atom is -0.366 e. The summed E-state index contributed by atoms with van der Waals surface area (Å²) in [6, 6.07) is 4.97. The van der Waals surface area contributed by atoms with Crippen molar-refractivity contribution < 1.29 is 14.4 Å². The number of carbonyl (C=O) groups is 3. The van der Waals surface area contributed by atoms with Crippen molar-refractivity contribution in [2.45, 2.75) is 13.0 Å². The summed E-state index contributed by atoms with van der Waals surface area (Å²) in [5, 5.41) is 2.50. The minimum absolute atomic E-state index is 0.318. The van der Waals surface area contributed by atoms with E-state index < -0.39 is 18.0 Å². The zero-order valence-electron chi connectivity index (χ0n) is 9.14. The fraction of sp³-hybridized carbons (Fsp3) is 0.182. The molecule has 0 saturated carbocycles. The van der Waals surface area contributed by atoms with Crippen LogP contribution in [0, 0.1) is 0 Å². The van der Waals surface area contributed by atoms with Crippen LogP contribution in [0.1, 0.15) is 17.3 Å². The first kappa shape index (κ1) is 11.1.